The van der Waals surface area contributed by atoms with Gasteiger partial charge in [-0.05, 0) is 25.3 Å². The van der Waals surface area contributed by atoms with Gasteiger partial charge < -0.3 is 9.32 Å². The van der Waals surface area contributed by atoms with Crippen molar-refractivity contribution >= 4 is 17.7 Å². The summed E-state index contributed by atoms with van der Waals surface area (Å²) in [5, 5.41) is 0. The van der Waals surface area contributed by atoms with Crippen LogP contribution in [0.3, 0.4) is 0 Å². The molecule has 0 bridgehead atoms. The molecule has 1 aliphatic rings. The van der Waals surface area contributed by atoms with Gasteiger partial charge in [0.25, 0.3) is 5.91 Å². The average Bonchev–Trinajstić information content (AvgIpc) is 2.89. The van der Waals surface area contributed by atoms with E-state index in [2.05, 4.69) is 20.8 Å². The summed E-state index contributed by atoms with van der Waals surface area (Å²) in [7, 11) is 0. The zero-order valence-corrected chi connectivity index (χ0v) is 12.8. The molecule has 1 fully saturated rings. The fourth-order valence-corrected chi connectivity index (χ4v) is 3.38. The molecule has 2 heterocycles. The number of amides is 1. The second-order valence-corrected chi connectivity index (χ2v) is 7.93. The van der Waals surface area contributed by atoms with Crippen molar-refractivity contribution in [3.8, 4) is 0 Å². The molecule has 0 N–H and O–H groups in total. The van der Waals surface area contributed by atoms with E-state index in [9.17, 15) is 4.79 Å². The lowest BCUT2D eigenvalue weighted by molar-refractivity contribution is 0.0639. The van der Waals surface area contributed by atoms with Crippen molar-refractivity contribution in [2.45, 2.75) is 50.8 Å². The van der Waals surface area contributed by atoms with Gasteiger partial charge in [-0.3, -0.25) is 4.79 Å². The van der Waals surface area contributed by atoms with Crippen LogP contribution < -0.4 is 0 Å². The molecule has 1 amide bonds. The Labute approximate surface area is 119 Å². The van der Waals surface area contributed by atoms with Gasteiger partial charge in [-0.2, -0.15) is 11.8 Å². The Kier molecular flexibility index (Phi) is 4.61. The third kappa shape index (κ3) is 4.03. The van der Waals surface area contributed by atoms with Gasteiger partial charge in [0, 0.05) is 23.1 Å². The third-order valence-corrected chi connectivity index (χ3v) is 4.78. The number of likely N-dealkylation sites (tertiary alicyclic amines) is 1. The molecule has 1 saturated heterocycles. The number of furan rings is 1. The summed E-state index contributed by atoms with van der Waals surface area (Å²) in [6.45, 7) is 7.55. The predicted octanol–water partition coefficient (Wildman–Crippen LogP) is 3.81. The Morgan fingerprint density at radius 3 is 2.89 bits per heavy atom. The number of carbonyl (C=O) groups is 1. The van der Waals surface area contributed by atoms with Crippen molar-refractivity contribution in [1.29, 1.82) is 0 Å². The Morgan fingerprint density at radius 1 is 1.47 bits per heavy atom. The van der Waals surface area contributed by atoms with Gasteiger partial charge in [0.05, 0.1) is 11.8 Å². The van der Waals surface area contributed by atoms with Gasteiger partial charge in [-0.25, -0.2) is 0 Å². The number of nitrogens with zero attached hydrogens (tertiary/aromatic N) is 1. The summed E-state index contributed by atoms with van der Waals surface area (Å²) in [6, 6.07) is 2.12. The number of thioether (sulfide) groups is 1. The maximum atomic E-state index is 12.5. The van der Waals surface area contributed by atoms with Crippen LogP contribution in [-0.4, -0.2) is 33.9 Å². The minimum Gasteiger partial charge on any atom is -0.472 e. The second-order valence-electron chi connectivity index (χ2n) is 6.08. The van der Waals surface area contributed by atoms with Crippen molar-refractivity contribution in [1.82, 2.24) is 4.90 Å². The maximum Gasteiger partial charge on any atom is 0.257 e. The number of carbonyl (C=O) groups excluding carboxylic acids is 1. The fourth-order valence-electron chi connectivity index (χ4n) is 2.34. The van der Waals surface area contributed by atoms with Gasteiger partial charge in [0.1, 0.15) is 6.26 Å². The van der Waals surface area contributed by atoms with Gasteiger partial charge in [0.2, 0.25) is 0 Å². The van der Waals surface area contributed by atoms with Gasteiger partial charge in [-0.15, -0.1) is 0 Å². The Hall–Kier alpha value is -0.900. The topological polar surface area (TPSA) is 33.5 Å². The SMILES string of the molecule is CC(C)(C)SCC1CCCCN1C(=O)c1ccoc1. The summed E-state index contributed by atoms with van der Waals surface area (Å²) in [4.78, 5) is 14.5. The molecule has 1 aromatic rings. The first-order valence-corrected chi connectivity index (χ1v) is 7.93. The van der Waals surface area contributed by atoms with Crippen LogP contribution >= 0.6 is 11.8 Å². The molecule has 1 aliphatic heterocycles. The molecule has 0 radical (unpaired) electrons. The Balaban J connectivity index is 2.01. The average molecular weight is 281 g/mol. The molecule has 0 spiro atoms. The predicted molar refractivity (Wildman–Crippen MR) is 79.6 cm³/mol. The van der Waals surface area contributed by atoms with Gasteiger partial charge in [0.15, 0.2) is 0 Å². The van der Waals surface area contributed by atoms with Crippen LogP contribution in [0.1, 0.15) is 50.4 Å². The molecular formula is C15H23NO2S. The van der Waals surface area contributed by atoms with Crippen molar-refractivity contribution in [3.05, 3.63) is 24.2 Å². The summed E-state index contributed by atoms with van der Waals surface area (Å²) in [5.74, 6) is 1.14. The second kappa shape index (κ2) is 6.04. The first-order valence-electron chi connectivity index (χ1n) is 6.94. The van der Waals surface area contributed by atoms with Gasteiger partial charge >= 0.3 is 0 Å². The first-order chi connectivity index (χ1) is 8.97. The van der Waals surface area contributed by atoms with E-state index < -0.39 is 0 Å². The summed E-state index contributed by atoms with van der Waals surface area (Å²) in [6.07, 6.45) is 6.57. The molecule has 19 heavy (non-hydrogen) atoms. The molecule has 0 saturated carbocycles. The van der Waals surface area contributed by atoms with Crippen LogP contribution in [0.4, 0.5) is 0 Å². The van der Waals surface area contributed by atoms with Crippen molar-refractivity contribution < 1.29 is 9.21 Å². The van der Waals surface area contributed by atoms with Crippen LogP contribution in [0.15, 0.2) is 23.0 Å². The minimum atomic E-state index is 0.118. The lowest BCUT2D eigenvalue weighted by Gasteiger charge is -2.36. The molecule has 3 nitrogen and oxygen atoms in total. The number of piperidine rings is 1. The van der Waals surface area contributed by atoms with E-state index >= 15 is 0 Å². The summed E-state index contributed by atoms with van der Waals surface area (Å²) >= 11 is 1.94. The van der Waals surface area contributed by atoms with E-state index in [1.54, 1.807) is 18.6 Å². The Morgan fingerprint density at radius 2 is 2.26 bits per heavy atom. The van der Waals surface area contributed by atoms with Crippen LogP contribution in [0, 0.1) is 0 Å². The largest absolute Gasteiger partial charge is 0.472 e. The number of hydrogen-bond donors (Lipinski definition) is 0. The monoisotopic (exact) mass is 281 g/mol. The lowest BCUT2D eigenvalue weighted by atomic mass is 10.0. The zero-order valence-electron chi connectivity index (χ0n) is 12.0. The standard InChI is InChI=1S/C15H23NO2S/c1-15(2,3)19-11-13-6-4-5-8-16(13)14(17)12-7-9-18-10-12/h7,9-10,13H,4-6,8,11H2,1-3H3. The van der Waals surface area contributed by atoms with E-state index in [1.165, 1.54) is 6.42 Å². The lowest BCUT2D eigenvalue weighted by Crippen LogP contribution is -2.45. The van der Waals surface area contributed by atoms with Gasteiger partial charge in [-0.1, -0.05) is 20.8 Å². The van der Waals surface area contributed by atoms with Crippen molar-refractivity contribution in [2.24, 2.45) is 0 Å². The molecule has 1 unspecified atom stereocenters. The maximum absolute atomic E-state index is 12.5. The van der Waals surface area contributed by atoms with E-state index in [0.29, 0.717) is 11.6 Å². The van der Waals surface area contributed by atoms with Crippen molar-refractivity contribution in [2.75, 3.05) is 12.3 Å². The molecule has 106 valence electrons. The highest BCUT2D eigenvalue weighted by atomic mass is 32.2. The third-order valence-electron chi connectivity index (χ3n) is 3.36. The highest BCUT2D eigenvalue weighted by molar-refractivity contribution is 8.00. The quantitative estimate of drug-likeness (QED) is 0.845. The molecule has 0 aromatic carbocycles. The smallest absolute Gasteiger partial charge is 0.257 e. The van der Waals surface area contributed by atoms with Crippen LogP contribution in [0.5, 0.6) is 0 Å². The molecule has 4 heteroatoms. The number of rotatable bonds is 3. The summed E-state index contributed by atoms with van der Waals surface area (Å²) in [5.41, 5.74) is 0.674. The molecule has 1 aromatic heterocycles. The summed E-state index contributed by atoms with van der Waals surface area (Å²) < 4.78 is 5.28. The highest BCUT2D eigenvalue weighted by Crippen LogP contribution is 2.29. The normalized spacial score (nSPS) is 20.6. The molecule has 2 rings (SSSR count). The van der Waals surface area contributed by atoms with E-state index in [4.69, 9.17) is 4.42 Å². The van der Waals surface area contributed by atoms with Crippen molar-refractivity contribution in [3.63, 3.8) is 0 Å². The first kappa shape index (κ1) is 14.5. The molecule has 0 aliphatic carbocycles. The molecule has 1 atom stereocenters. The number of hydrogen-bond acceptors (Lipinski definition) is 3. The zero-order chi connectivity index (χ0) is 13.9. The van der Waals surface area contributed by atoms with Crippen LogP contribution in [0.25, 0.3) is 0 Å². The van der Waals surface area contributed by atoms with E-state index in [-0.39, 0.29) is 10.7 Å². The minimum absolute atomic E-state index is 0.118. The Bertz CT molecular complexity index is 408. The van der Waals surface area contributed by atoms with E-state index in [0.717, 1.165) is 25.1 Å². The van der Waals surface area contributed by atoms with Crippen LogP contribution in [0.2, 0.25) is 0 Å². The molecular weight excluding hydrogens is 258 g/mol. The fraction of sp³-hybridized carbons (Fsp3) is 0.667. The van der Waals surface area contributed by atoms with Crippen LogP contribution in [-0.2, 0) is 0 Å². The highest BCUT2D eigenvalue weighted by Gasteiger charge is 2.29. The van der Waals surface area contributed by atoms with E-state index in [1.807, 2.05) is 16.7 Å².